The van der Waals surface area contributed by atoms with E-state index in [0.717, 1.165) is 5.75 Å². The van der Waals surface area contributed by atoms with Crippen LogP contribution in [0.2, 0.25) is 0 Å². The molecule has 0 radical (unpaired) electrons. The third kappa shape index (κ3) is 2.72. The third-order valence-corrected chi connectivity index (χ3v) is 2.15. The van der Waals surface area contributed by atoms with Crippen LogP contribution in [0.5, 0.6) is 5.75 Å². The molecule has 1 aromatic rings. The van der Waals surface area contributed by atoms with E-state index in [2.05, 4.69) is 5.48 Å². The number of hydrogen-bond acceptors (Lipinski definition) is 3. The van der Waals surface area contributed by atoms with E-state index in [0.29, 0.717) is 12.6 Å². The van der Waals surface area contributed by atoms with Crippen LogP contribution >= 0.6 is 0 Å². The molecule has 0 atom stereocenters. The molecule has 0 amide bonds. The molecule has 1 aromatic carbocycles. The van der Waals surface area contributed by atoms with Crippen LogP contribution in [0, 0.1) is 0 Å². The lowest BCUT2D eigenvalue weighted by Gasteiger charge is -2.06. The summed E-state index contributed by atoms with van der Waals surface area (Å²) >= 11 is 0. The van der Waals surface area contributed by atoms with Gasteiger partial charge in [0.05, 0.1) is 13.2 Å². The van der Waals surface area contributed by atoms with Gasteiger partial charge in [0.15, 0.2) is 0 Å². The molecule has 0 spiro atoms. The Morgan fingerprint density at radius 3 is 3.00 bits per heavy atom. The summed E-state index contributed by atoms with van der Waals surface area (Å²) < 4.78 is 5.68. The van der Waals surface area contributed by atoms with Crippen LogP contribution in [0.1, 0.15) is 18.4 Å². The van der Waals surface area contributed by atoms with Crippen molar-refractivity contribution in [2.75, 3.05) is 7.11 Å². The van der Waals surface area contributed by atoms with E-state index in [4.69, 9.17) is 9.57 Å². The average molecular weight is 193 g/mol. The Morgan fingerprint density at radius 2 is 2.29 bits per heavy atom. The highest BCUT2D eigenvalue weighted by Crippen LogP contribution is 2.26. The molecule has 0 heterocycles. The zero-order valence-electron chi connectivity index (χ0n) is 8.32. The number of hydroxylamine groups is 1. The van der Waals surface area contributed by atoms with Crippen molar-refractivity contribution < 1.29 is 9.57 Å². The van der Waals surface area contributed by atoms with Gasteiger partial charge in [0, 0.05) is 6.54 Å². The van der Waals surface area contributed by atoms with Crippen molar-refractivity contribution >= 4 is 0 Å². The first-order chi connectivity index (χ1) is 6.88. The van der Waals surface area contributed by atoms with Gasteiger partial charge >= 0.3 is 0 Å². The van der Waals surface area contributed by atoms with Crippen LogP contribution in [0.4, 0.5) is 0 Å². The maximum Gasteiger partial charge on any atom is 0.120 e. The first-order valence-electron chi connectivity index (χ1n) is 4.90. The molecule has 1 N–H and O–H groups in total. The Kier molecular flexibility index (Phi) is 3.01. The second-order valence-corrected chi connectivity index (χ2v) is 3.49. The maximum atomic E-state index is 5.68. The standard InChI is InChI=1S/C11H15NO2/c1-13-12-8-9-3-2-4-11(7-9)14-10-5-6-10/h2-4,7,10,12H,5-6,8H2,1H3. The van der Waals surface area contributed by atoms with Gasteiger partial charge in [-0.3, -0.25) is 0 Å². The highest BCUT2D eigenvalue weighted by molar-refractivity contribution is 5.28. The molecule has 0 unspecified atom stereocenters. The number of rotatable bonds is 5. The lowest BCUT2D eigenvalue weighted by atomic mass is 10.2. The average Bonchev–Trinajstić information content (AvgIpc) is 2.99. The molecule has 1 aliphatic rings. The molecule has 1 fully saturated rings. The normalized spacial score (nSPS) is 15.5. The van der Waals surface area contributed by atoms with Crippen molar-refractivity contribution in [3.05, 3.63) is 29.8 Å². The predicted octanol–water partition coefficient (Wildman–Crippen LogP) is 1.88. The Hall–Kier alpha value is -1.06. The van der Waals surface area contributed by atoms with Gasteiger partial charge in [-0.2, -0.15) is 5.48 Å². The fourth-order valence-electron chi connectivity index (χ4n) is 1.26. The molecule has 3 nitrogen and oxygen atoms in total. The van der Waals surface area contributed by atoms with Gasteiger partial charge in [0.1, 0.15) is 5.75 Å². The van der Waals surface area contributed by atoms with Gasteiger partial charge in [-0.1, -0.05) is 12.1 Å². The van der Waals surface area contributed by atoms with E-state index in [1.54, 1.807) is 7.11 Å². The summed E-state index contributed by atoms with van der Waals surface area (Å²) in [7, 11) is 1.62. The molecule has 0 aromatic heterocycles. The summed E-state index contributed by atoms with van der Waals surface area (Å²) in [5.41, 5.74) is 3.98. The third-order valence-electron chi connectivity index (χ3n) is 2.15. The molecule has 2 rings (SSSR count). The molecule has 76 valence electrons. The summed E-state index contributed by atoms with van der Waals surface area (Å²) in [6.07, 6.45) is 2.85. The molecule has 0 saturated heterocycles. The number of benzene rings is 1. The topological polar surface area (TPSA) is 30.5 Å². The Bertz CT molecular complexity index is 297. The lowest BCUT2D eigenvalue weighted by Crippen LogP contribution is -2.10. The van der Waals surface area contributed by atoms with Crippen LogP contribution in [0.3, 0.4) is 0 Å². The Labute approximate surface area is 84.0 Å². The van der Waals surface area contributed by atoms with Crippen LogP contribution in [-0.4, -0.2) is 13.2 Å². The van der Waals surface area contributed by atoms with Crippen molar-refractivity contribution in [1.82, 2.24) is 5.48 Å². The van der Waals surface area contributed by atoms with Gasteiger partial charge in [0.25, 0.3) is 0 Å². The predicted molar refractivity (Wildman–Crippen MR) is 53.9 cm³/mol. The molecule has 3 heteroatoms. The Balaban J connectivity index is 1.94. The van der Waals surface area contributed by atoms with E-state index in [1.165, 1.54) is 18.4 Å². The SMILES string of the molecule is CONCc1cccc(OC2CC2)c1. The van der Waals surface area contributed by atoms with Crippen LogP contribution in [0.15, 0.2) is 24.3 Å². The smallest absolute Gasteiger partial charge is 0.120 e. The van der Waals surface area contributed by atoms with Crippen molar-refractivity contribution in [1.29, 1.82) is 0 Å². The number of hydrogen-bond donors (Lipinski definition) is 1. The van der Waals surface area contributed by atoms with E-state index >= 15 is 0 Å². The zero-order valence-corrected chi connectivity index (χ0v) is 8.32. The maximum absolute atomic E-state index is 5.68. The van der Waals surface area contributed by atoms with Crippen molar-refractivity contribution in [2.45, 2.75) is 25.5 Å². The summed E-state index contributed by atoms with van der Waals surface area (Å²) in [5.74, 6) is 0.961. The molecule has 14 heavy (non-hydrogen) atoms. The molecule has 1 aliphatic carbocycles. The molecular weight excluding hydrogens is 178 g/mol. The minimum absolute atomic E-state index is 0.459. The highest BCUT2D eigenvalue weighted by Gasteiger charge is 2.23. The fourth-order valence-corrected chi connectivity index (χ4v) is 1.26. The summed E-state index contributed by atoms with van der Waals surface area (Å²) in [5, 5.41) is 0. The first kappa shape index (κ1) is 9.49. The summed E-state index contributed by atoms with van der Waals surface area (Å²) in [6.45, 7) is 0.707. The van der Waals surface area contributed by atoms with Gasteiger partial charge in [-0.15, -0.1) is 0 Å². The van der Waals surface area contributed by atoms with Gasteiger partial charge in [0.2, 0.25) is 0 Å². The van der Waals surface area contributed by atoms with Crippen molar-refractivity contribution in [3.63, 3.8) is 0 Å². The minimum atomic E-state index is 0.459. The van der Waals surface area contributed by atoms with Crippen molar-refractivity contribution in [3.8, 4) is 5.75 Å². The monoisotopic (exact) mass is 193 g/mol. The first-order valence-corrected chi connectivity index (χ1v) is 4.90. The van der Waals surface area contributed by atoms with E-state index in [1.807, 2.05) is 24.3 Å². The number of ether oxygens (including phenoxy) is 1. The lowest BCUT2D eigenvalue weighted by molar-refractivity contribution is 0.0866. The Morgan fingerprint density at radius 1 is 1.43 bits per heavy atom. The van der Waals surface area contributed by atoms with Gasteiger partial charge in [-0.25, -0.2) is 0 Å². The highest BCUT2D eigenvalue weighted by atomic mass is 16.6. The summed E-state index contributed by atoms with van der Waals surface area (Å²) in [4.78, 5) is 4.79. The van der Waals surface area contributed by atoms with Crippen LogP contribution in [0.25, 0.3) is 0 Å². The largest absolute Gasteiger partial charge is 0.490 e. The van der Waals surface area contributed by atoms with E-state index < -0.39 is 0 Å². The quantitative estimate of drug-likeness (QED) is 0.724. The molecule has 0 bridgehead atoms. The second kappa shape index (κ2) is 4.44. The van der Waals surface area contributed by atoms with E-state index in [-0.39, 0.29) is 0 Å². The number of nitrogens with one attached hydrogen (secondary N) is 1. The zero-order chi connectivity index (χ0) is 9.80. The minimum Gasteiger partial charge on any atom is -0.490 e. The van der Waals surface area contributed by atoms with Crippen molar-refractivity contribution in [2.24, 2.45) is 0 Å². The van der Waals surface area contributed by atoms with Gasteiger partial charge in [-0.05, 0) is 30.5 Å². The molecular formula is C11H15NO2. The van der Waals surface area contributed by atoms with Crippen LogP contribution in [-0.2, 0) is 11.4 Å². The molecule has 0 aliphatic heterocycles. The van der Waals surface area contributed by atoms with Gasteiger partial charge < -0.3 is 9.57 Å². The second-order valence-electron chi connectivity index (χ2n) is 3.49. The van der Waals surface area contributed by atoms with E-state index in [9.17, 15) is 0 Å². The molecule has 1 saturated carbocycles. The van der Waals surface area contributed by atoms with Crippen LogP contribution < -0.4 is 10.2 Å². The summed E-state index contributed by atoms with van der Waals surface area (Å²) in [6, 6.07) is 8.09. The fraction of sp³-hybridized carbons (Fsp3) is 0.455.